The molecule has 6 heteroatoms. The molecule has 2 N–H and O–H groups in total. The van der Waals surface area contributed by atoms with Crippen LogP contribution in [-0.2, 0) is 6.42 Å². The molecule has 0 spiro atoms. The lowest BCUT2D eigenvalue weighted by Crippen LogP contribution is -2.41. The van der Waals surface area contributed by atoms with E-state index in [2.05, 4.69) is 56.8 Å². The molecule has 1 aliphatic heterocycles. The first-order valence-electron chi connectivity index (χ1n) is 9.18. The number of likely N-dealkylation sites (tertiary alicyclic amines) is 1. The highest BCUT2D eigenvalue weighted by Crippen LogP contribution is 2.23. The van der Waals surface area contributed by atoms with Gasteiger partial charge in [0.1, 0.15) is 12.7 Å². The molecule has 6 nitrogen and oxygen atoms in total. The summed E-state index contributed by atoms with van der Waals surface area (Å²) in [7, 11) is 2.07. The Balaban J connectivity index is 1.39. The van der Waals surface area contributed by atoms with Crippen LogP contribution in [0.4, 0.5) is 0 Å². The summed E-state index contributed by atoms with van der Waals surface area (Å²) in [5.41, 5.74) is 3.70. The average molecular weight is 338 g/mol. The molecule has 1 saturated heterocycles. The summed E-state index contributed by atoms with van der Waals surface area (Å²) >= 11 is 0. The Kier molecular flexibility index (Phi) is 4.81. The number of aromatic nitrogens is 4. The van der Waals surface area contributed by atoms with E-state index >= 15 is 0 Å². The van der Waals surface area contributed by atoms with E-state index in [0.717, 1.165) is 12.1 Å². The Hall–Kier alpha value is -2.18. The molecule has 0 bridgehead atoms. The monoisotopic (exact) mass is 338 g/mol. The van der Waals surface area contributed by atoms with Gasteiger partial charge in [0.2, 0.25) is 0 Å². The van der Waals surface area contributed by atoms with E-state index in [9.17, 15) is 0 Å². The van der Waals surface area contributed by atoms with Crippen molar-refractivity contribution in [2.45, 2.75) is 31.7 Å². The van der Waals surface area contributed by atoms with Gasteiger partial charge in [0.15, 0.2) is 0 Å². The van der Waals surface area contributed by atoms with E-state index in [1.807, 2.05) is 4.57 Å². The van der Waals surface area contributed by atoms with E-state index < -0.39 is 0 Å². The number of aromatic amines is 1. The second kappa shape index (κ2) is 7.37. The summed E-state index contributed by atoms with van der Waals surface area (Å²) in [5, 5.41) is 12.5. The van der Waals surface area contributed by atoms with Crippen molar-refractivity contribution < 1.29 is 0 Å². The third-order valence-electron chi connectivity index (χ3n) is 5.38. The summed E-state index contributed by atoms with van der Waals surface area (Å²) in [5.74, 6) is 0. The minimum Gasteiger partial charge on any atom is -0.361 e. The fourth-order valence-electron chi connectivity index (χ4n) is 3.81. The highest BCUT2D eigenvalue weighted by Gasteiger charge is 2.17. The van der Waals surface area contributed by atoms with Crippen LogP contribution < -0.4 is 5.32 Å². The molecule has 4 rings (SSSR count). The first kappa shape index (κ1) is 16.3. The molecular formula is C19H26N6. The molecule has 0 atom stereocenters. The van der Waals surface area contributed by atoms with Crippen molar-refractivity contribution in [3.8, 4) is 5.69 Å². The third kappa shape index (κ3) is 3.60. The van der Waals surface area contributed by atoms with Crippen LogP contribution in [0.15, 0.2) is 37.1 Å². The molecule has 25 heavy (non-hydrogen) atoms. The van der Waals surface area contributed by atoms with Gasteiger partial charge in [-0.2, -0.15) is 0 Å². The lowest BCUT2D eigenvalue weighted by Gasteiger charge is -2.31. The fraction of sp³-hybridized carbons (Fsp3) is 0.474. The lowest BCUT2D eigenvalue weighted by atomic mass is 10.0. The van der Waals surface area contributed by atoms with Crippen molar-refractivity contribution >= 4 is 10.9 Å². The Morgan fingerprint density at radius 2 is 2.00 bits per heavy atom. The number of fused-ring (bicyclic) bond motifs is 1. The summed E-state index contributed by atoms with van der Waals surface area (Å²) in [6, 6.07) is 7.17. The average Bonchev–Trinajstić information content (AvgIpc) is 3.32. The van der Waals surface area contributed by atoms with Crippen LogP contribution in [0.5, 0.6) is 0 Å². The second-order valence-corrected chi connectivity index (χ2v) is 6.92. The van der Waals surface area contributed by atoms with Gasteiger partial charge in [-0.05, 0) is 76.1 Å². The first-order chi connectivity index (χ1) is 12.3. The Morgan fingerprint density at radius 3 is 2.76 bits per heavy atom. The number of rotatable bonds is 6. The van der Waals surface area contributed by atoms with Crippen molar-refractivity contribution in [3.63, 3.8) is 0 Å². The van der Waals surface area contributed by atoms with Gasteiger partial charge in [-0.1, -0.05) is 0 Å². The first-order valence-corrected chi connectivity index (χ1v) is 9.18. The maximum Gasteiger partial charge on any atom is 0.123 e. The number of aryl methyl sites for hydroxylation is 1. The molecule has 0 aliphatic carbocycles. The standard InChI is InChI=1S/C19H26N6/c1-20-16-6-9-24(10-7-16)8-2-3-15-12-21-19-5-4-17(11-18(15)19)25-13-22-23-14-25/h4-5,11-14,16,20-21H,2-3,6-10H2,1H3. The molecule has 0 unspecified atom stereocenters. The van der Waals surface area contributed by atoms with Crippen molar-refractivity contribution in [1.29, 1.82) is 0 Å². The SMILES string of the molecule is CNC1CCN(CCCc2c[nH]c3ccc(-n4cnnc4)cc23)CC1. The molecule has 132 valence electrons. The van der Waals surface area contributed by atoms with Crippen molar-refractivity contribution in [2.24, 2.45) is 0 Å². The zero-order valence-electron chi connectivity index (χ0n) is 14.8. The van der Waals surface area contributed by atoms with Gasteiger partial charge in [-0.15, -0.1) is 10.2 Å². The van der Waals surface area contributed by atoms with Crippen LogP contribution >= 0.6 is 0 Å². The zero-order chi connectivity index (χ0) is 17.1. The van der Waals surface area contributed by atoms with Gasteiger partial charge in [-0.3, -0.25) is 4.57 Å². The molecule has 3 heterocycles. The maximum absolute atomic E-state index is 3.90. The van der Waals surface area contributed by atoms with Crippen LogP contribution in [0.3, 0.4) is 0 Å². The molecule has 1 fully saturated rings. The van der Waals surface area contributed by atoms with Crippen LogP contribution in [0, 0.1) is 0 Å². The van der Waals surface area contributed by atoms with E-state index in [0.29, 0.717) is 6.04 Å². The fourth-order valence-corrected chi connectivity index (χ4v) is 3.81. The largest absolute Gasteiger partial charge is 0.361 e. The molecule has 0 amide bonds. The number of H-pyrrole nitrogens is 1. The molecule has 3 aromatic rings. The van der Waals surface area contributed by atoms with Crippen LogP contribution in [0.1, 0.15) is 24.8 Å². The lowest BCUT2D eigenvalue weighted by molar-refractivity contribution is 0.200. The van der Waals surface area contributed by atoms with E-state index in [1.54, 1.807) is 12.7 Å². The molecule has 0 radical (unpaired) electrons. The summed E-state index contributed by atoms with van der Waals surface area (Å²) in [4.78, 5) is 6.00. The second-order valence-electron chi connectivity index (χ2n) is 6.92. The van der Waals surface area contributed by atoms with Gasteiger partial charge < -0.3 is 15.2 Å². The number of benzene rings is 1. The van der Waals surface area contributed by atoms with Crippen LogP contribution in [-0.4, -0.2) is 57.4 Å². The number of hydrogen-bond donors (Lipinski definition) is 2. The number of nitrogens with zero attached hydrogens (tertiary/aromatic N) is 4. The zero-order valence-corrected chi connectivity index (χ0v) is 14.8. The molecule has 0 saturated carbocycles. The highest BCUT2D eigenvalue weighted by atomic mass is 15.2. The summed E-state index contributed by atoms with van der Waals surface area (Å²) in [6.07, 6.45) is 10.5. The number of piperidine rings is 1. The Morgan fingerprint density at radius 1 is 1.20 bits per heavy atom. The Bertz CT molecular complexity index is 799. The quantitative estimate of drug-likeness (QED) is 0.724. The van der Waals surface area contributed by atoms with Crippen molar-refractivity contribution in [2.75, 3.05) is 26.7 Å². The molecule has 2 aromatic heterocycles. The third-order valence-corrected chi connectivity index (χ3v) is 5.38. The Labute approximate surface area is 148 Å². The topological polar surface area (TPSA) is 61.8 Å². The van der Waals surface area contributed by atoms with Crippen molar-refractivity contribution in [3.05, 3.63) is 42.6 Å². The maximum atomic E-state index is 3.90. The summed E-state index contributed by atoms with van der Waals surface area (Å²) < 4.78 is 1.95. The minimum atomic E-state index is 0.709. The van der Waals surface area contributed by atoms with E-state index in [-0.39, 0.29) is 0 Å². The van der Waals surface area contributed by atoms with Gasteiger partial charge in [0, 0.05) is 28.8 Å². The van der Waals surface area contributed by atoms with Gasteiger partial charge in [0.05, 0.1) is 0 Å². The normalized spacial score (nSPS) is 16.7. The van der Waals surface area contributed by atoms with Crippen LogP contribution in [0.25, 0.3) is 16.6 Å². The predicted octanol–water partition coefficient (Wildman–Crippen LogP) is 2.36. The van der Waals surface area contributed by atoms with E-state index in [1.165, 1.54) is 55.4 Å². The number of nitrogens with one attached hydrogen (secondary N) is 2. The predicted molar refractivity (Wildman–Crippen MR) is 100 cm³/mol. The van der Waals surface area contributed by atoms with Gasteiger partial charge in [0.25, 0.3) is 0 Å². The van der Waals surface area contributed by atoms with Gasteiger partial charge in [-0.25, -0.2) is 0 Å². The van der Waals surface area contributed by atoms with Crippen molar-refractivity contribution in [1.82, 2.24) is 30.0 Å². The summed E-state index contributed by atoms with van der Waals surface area (Å²) in [6.45, 7) is 3.63. The smallest absolute Gasteiger partial charge is 0.123 e. The molecule has 1 aromatic carbocycles. The van der Waals surface area contributed by atoms with Crippen LogP contribution in [0.2, 0.25) is 0 Å². The highest BCUT2D eigenvalue weighted by molar-refractivity contribution is 5.85. The number of hydrogen-bond acceptors (Lipinski definition) is 4. The molecular weight excluding hydrogens is 312 g/mol. The minimum absolute atomic E-state index is 0.709. The van der Waals surface area contributed by atoms with E-state index in [4.69, 9.17) is 0 Å². The molecule has 1 aliphatic rings. The van der Waals surface area contributed by atoms with Gasteiger partial charge >= 0.3 is 0 Å².